The first kappa shape index (κ1) is 16.0. The van der Waals surface area contributed by atoms with Crippen LogP contribution in [0.25, 0.3) is 0 Å². The summed E-state index contributed by atoms with van der Waals surface area (Å²) in [5.41, 5.74) is 2.57. The number of rotatable bonds is 3. The summed E-state index contributed by atoms with van der Waals surface area (Å²) in [5, 5.41) is 4.24. The molecule has 2 heteroatoms. The number of carbonyl (C=O) groups excluding carboxylic acids is 1. The molecule has 0 fully saturated rings. The van der Waals surface area contributed by atoms with Gasteiger partial charge in [-0.1, -0.05) is 52.8 Å². The molecule has 1 aliphatic rings. The Kier molecular flexibility index (Phi) is 4.12. The summed E-state index contributed by atoms with van der Waals surface area (Å²) in [4.78, 5) is 12.9. The molecule has 1 atom stereocenters. The maximum atomic E-state index is 12.9. The minimum atomic E-state index is -0.309. The number of Topliss-reactive ketones (excluding diaryl/α,β-unsaturated/α-hetero) is 1. The second kappa shape index (κ2) is 5.42. The predicted molar refractivity (Wildman–Crippen MR) is 91.7 cm³/mol. The number of thiophene rings is 1. The van der Waals surface area contributed by atoms with Crippen molar-refractivity contribution in [3.63, 3.8) is 0 Å². The highest BCUT2D eigenvalue weighted by Crippen LogP contribution is 2.42. The highest BCUT2D eigenvalue weighted by atomic mass is 32.1. The van der Waals surface area contributed by atoms with Crippen LogP contribution in [0.1, 0.15) is 46.1 Å². The van der Waals surface area contributed by atoms with Crippen LogP contribution in [0, 0.1) is 10.8 Å². The second-order valence-electron chi connectivity index (χ2n) is 7.25. The van der Waals surface area contributed by atoms with Crippen molar-refractivity contribution < 1.29 is 4.79 Å². The molecule has 0 saturated heterocycles. The van der Waals surface area contributed by atoms with Crippen LogP contribution in [0.3, 0.4) is 0 Å². The zero-order valence-electron chi connectivity index (χ0n) is 13.6. The van der Waals surface area contributed by atoms with Crippen LogP contribution in [0.4, 0.5) is 0 Å². The summed E-state index contributed by atoms with van der Waals surface area (Å²) in [6.07, 6.45) is 6.11. The molecule has 2 rings (SSSR count). The van der Waals surface area contributed by atoms with Crippen LogP contribution < -0.4 is 0 Å². The maximum Gasteiger partial charge on any atom is 0.185 e. The number of hydrogen-bond donors (Lipinski definition) is 0. The van der Waals surface area contributed by atoms with E-state index in [0.717, 1.165) is 11.1 Å². The lowest BCUT2D eigenvalue weighted by atomic mass is 9.69. The van der Waals surface area contributed by atoms with E-state index >= 15 is 0 Å². The van der Waals surface area contributed by atoms with Crippen molar-refractivity contribution in [2.24, 2.45) is 10.8 Å². The average Bonchev–Trinajstić information content (AvgIpc) is 2.91. The van der Waals surface area contributed by atoms with E-state index in [4.69, 9.17) is 0 Å². The van der Waals surface area contributed by atoms with Crippen molar-refractivity contribution in [3.8, 4) is 0 Å². The normalized spacial score (nSPS) is 20.0. The van der Waals surface area contributed by atoms with Crippen molar-refractivity contribution in [2.45, 2.75) is 40.5 Å². The van der Waals surface area contributed by atoms with Crippen LogP contribution in [0.5, 0.6) is 0 Å². The summed E-state index contributed by atoms with van der Waals surface area (Å²) < 4.78 is 0. The van der Waals surface area contributed by atoms with E-state index in [1.807, 2.05) is 6.08 Å². The van der Waals surface area contributed by atoms with Gasteiger partial charge in [-0.3, -0.25) is 4.79 Å². The molecule has 1 heterocycles. The lowest BCUT2D eigenvalue weighted by Gasteiger charge is -2.33. The molecule has 1 nitrogen and oxygen atoms in total. The van der Waals surface area contributed by atoms with Gasteiger partial charge in [-0.15, -0.1) is 6.58 Å². The molecule has 0 bridgehead atoms. The van der Waals surface area contributed by atoms with Gasteiger partial charge in [0.15, 0.2) is 5.78 Å². The molecule has 0 spiro atoms. The molecule has 0 saturated carbocycles. The van der Waals surface area contributed by atoms with E-state index in [2.05, 4.69) is 70.2 Å². The monoisotopic (exact) mass is 300 g/mol. The summed E-state index contributed by atoms with van der Waals surface area (Å²) in [6, 6.07) is 2.14. The number of ketones is 1. The van der Waals surface area contributed by atoms with Gasteiger partial charge >= 0.3 is 0 Å². The molecule has 0 aromatic carbocycles. The SMILES string of the molecule is C=CC(C)(C)C1=CC(c2ccsc2)C=C(C(C)(C)C)C1=O. The first-order valence-corrected chi connectivity index (χ1v) is 8.26. The Morgan fingerprint density at radius 2 is 1.76 bits per heavy atom. The van der Waals surface area contributed by atoms with Crippen LogP contribution in [0.2, 0.25) is 0 Å². The molecule has 112 valence electrons. The third-order valence-electron chi connectivity index (χ3n) is 4.12. The van der Waals surface area contributed by atoms with Gasteiger partial charge in [0.1, 0.15) is 0 Å². The quantitative estimate of drug-likeness (QED) is 0.671. The van der Waals surface area contributed by atoms with E-state index in [-0.39, 0.29) is 22.5 Å². The van der Waals surface area contributed by atoms with Crippen molar-refractivity contribution in [1.82, 2.24) is 0 Å². The summed E-state index contributed by atoms with van der Waals surface area (Å²) in [5.74, 6) is 0.344. The van der Waals surface area contributed by atoms with Gasteiger partial charge < -0.3 is 0 Å². The standard InChI is InChI=1S/C19H24OS/c1-7-19(5,6)16-11-14(13-8-9-21-12-13)10-15(17(16)20)18(2,3)4/h7-12,14H,1H2,2-6H3. The minimum absolute atomic E-state index is 0.151. The molecule has 0 aliphatic heterocycles. The van der Waals surface area contributed by atoms with Crippen molar-refractivity contribution in [3.05, 3.63) is 58.3 Å². The Bertz CT molecular complexity index is 606. The van der Waals surface area contributed by atoms with Gasteiger partial charge in [0.2, 0.25) is 0 Å². The molecule has 21 heavy (non-hydrogen) atoms. The Hall–Kier alpha value is -1.41. The molecule has 1 aliphatic carbocycles. The second-order valence-corrected chi connectivity index (χ2v) is 8.03. The Morgan fingerprint density at radius 1 is 1.14 bits per heavy atom. The van der Waals surface area contributed by atoms with Gasteiger partial charge in [-0.05, 0) is 27.8 Å². The third-order valence-corrected chi connectivity index (χ3v) is 4.82. The largest absolute Gasteiger partial charge is 0.289 e. The fourth-order valence-electron chi connectivity index (χ4n) is 2.57. The molecular weight excluding hydrogens is 276 g/mol. The van der Waals surface area contributed by atoms with Crippen LogP contribution >= 0.6 is 11.3 Å². The van der Waals surface area contributed by atoms with Gasteiger partial charge in [0.05, 0.1) is 0 Å². The highest BCUT2D eigenvalue weighted by molar-refractivity contribution is 7.08. The van der Waals surface area contributed by atoms with Crippen molar-refractivity contribution >= 4 is 17.1 Å². The molecular formula is C19H24OS. The molecule has 0 N–H and O–H groups in total. The Morgan fingerprint density at radius 3 is 2.24 bits per heavy atom. The maximum absolute atomic E-state index is 12.9. The zero-order valence-corrected chi connectivity index (χ0v) is 14.4. The van der Waals surface area contributed by atoms with Gasteiger partial charge in [0, 0.05) is 22.5 Å². The lowest BCUT2D eigenvalue weighted by molar-refractivity contribution is -0.114. The molecule has 0 amide bonds. The minimum Gasteiger partial charge on any atom is -0.289 e. The summed E-state index contributed by atoms with van der Waals surface area (Å²) >= 11 is 1.69. The van der Waals surface area contributed by atoms with E-state index < -0.39 is 0 Å². The molecule has 1 aromatic heterocycles. The van der Waals surface area contributed by atoms with Crippen LogP contribution in [0.15, 0.2) is 52.8 Å². The van der Waals surface area contributed by atoms with Gasteiger partial charge in [0.25, 0.3) is 0 Å². The van der Waals surface area contributed by atoms with E-state index in [1.54, 1.807) is 11.3 Å². The van der Waals surface area contributed by atoms with Crippen LogP contribution in [-0.2, 0) is 4.79 Å². The highest BCUT2D eigenvalue weighted by Gasteiger charge is 2.36. The predicted octanol–water partition coefficient (Wildman–Crippen LogP) is 5.53. The summed E-state index contributed by atoms with van der Waals surface area (Å²) in [6.45, 7) is 14.3. The van der Waals surface area contributed by atoms with Crippen LogP contribution in [-0.4, -0.2) is 5.78 Å². The van der Waals surface area contributed by atoms with Gasteiger partial charge in [-0.2, -0.15) is 11.3 Å². The fourth-order valence-corrected chi connectivity index (χ4v) is 3.28. The number of hydrogen-bond acceptors (Lipinski definition) is 2. The fraction of sp³-hybridized carbons (Fsp3) is 0.421. The first-order chi connectivity index (χ1) is 9.66. The molecule has 0 radical (unpaired) electrons. The third kappa shape index (κ3) is 3.11. The number of allylic oxidation sites excluding steroid dienone is 5. The number of carbonyl (C=O) groups is 1. The van der Waals surface area contributed by atoms with E-state index in [1.165, 1.54) is 5.56 Å². The van der Waals surface area contributed by atoms with Crippen molar-refractivity contribution in [1.29, 1.82) is 0 Å². The van der Waals surface area contributed by atoms with Crippen molar-refractivity contribution in [2.75, 3.05) is 0 Å². The smallest absolute Gasteiger partial charge is 0.185 e. The summed E-state index contributed by atoms with van der Waals surface area (Å²) in [7, 11) is 0. The van der Waals surface area contributed by atoms with E-state index in [0.29, 0.717) is 0 Å². The first-order valence-electron chi connectivity index (χ1n) is 7.32. The molecule has 1 aromatic rings. The molecule has 1 unspecified atom stereocenters. The van der Waals surface area contributed by atoms with Gasteiger partial charge in [-0.25, -0.2) is 0 Å². The zero-order chi connectivity index (χ0) is 15.8. The topological polar surface area (TPSA) is 17.1 Å². The average molecular weight is 300 g/mol. The lowest BCUT2D eigenvalue weighted by Crippen LogP contribution is -2.29. The van der Waals surface area contributed by atoms with E-state index in [9.17, 15) is 4.79 Å². The Labute approximate surface area is 132 Å². The Balaban J connectivity index is 2.57.